The molecule has 4 aromatic carbocycles. The monoisotopic (exact) mass is 698 g/mol. The second kappa shape index (κ2) is 16.6. The van der Waals surface area contributed by atoms with Crippen molar-refractivity contribution in [1.82, 2.24) is 0 Å². The van der Waals surface area contributed by atoms with Gasteiger partial charge in [0.25, 0.3) is 0 Å². The molecule has 10 nitrogen and oxygen atoms in total. The van der Waals surface area contributed by atoms with Gasteiger partial charge < -0.3 is 37.9 Å². The molecule has 0 spiro atoms. The van der Waals surface area contributed by atoms with Crippen LogP contribution in [0, 0.1) is 0 Å². The first-order valence-corrected chi connectivity index (χ1v) is 16.9. The van der Waals surface area contributed by atoms with Crippen LogP contribution < -0.4 is 37.9 Å². The van der Waals surface area contributed by atoms with Crippen LogP contribution in [0.15, 0.2) is 72.8 Å². The molecule has 0 saturated heterocycles. The van der Waals surface area contributed by atoms with Gasteiger partial charge in [-0.3, -0.25) is 9.59 Å². The van der Waals surface area contributed by atoms with E-state index in [1.165, 1.54) is 14.2 Å². The fraction of sp³-hybridized carbons (Fsp3) is 0.366. The van der Waals surface area contributed by atoms with Crippen LogP contribution in [0.3, 0.4) is 0 Å². The average molecular weight is 699 g/mol. The first-order chi connectivity index (χ1) is 24.6. The minimum atomic E-state index is -0.757. The molecule has 5 rings (SSSR count). The molecule has 0 bridgehead atoms. The van der Waals surface area contributed by atoms with E-state index in [0.29, 0.717) is 69.0 Å². The summed E-state index contributed by atoms with van der Waals surface area (Å²) in [5.41, 5.74) is 3.22. The molecule has 270 valence electrons. The van der Waals surface area contributed by atoms with E-state index in [1.54, 1.807) is 78.7 Å². The van der Waals surface area contributed by atoms with E-state index in [0.717, 1.165) is 30.4 Å². The Balaban J connectivity index is 1.23. The molecular formula is C41H46O10. The van der Waals surface area contributed by atoms with Gasteiger partial charge in [0.2, 0.25) is 11.6 Å². The first-order valence-electron chi connectivity index (χ1n) is 16.9. The molecule has 1 aliphatic rings. The molecule has 0 aliphatic heterocycles. The van der Waals surface area contributed by atoms with Crippen molar-refractivity contribution in [2.75, 3.05) is 42.7 Å². The van der Waals surface area contributed by atoms with Crippen molar-refractivity contribution in [2.24, 2.45) is 0 Å². The number of benzene rings is 4. The summed E-state index contributed by atoms with van der Waals surface area (Å²) in [4.78, 5) is 26.4. The number of carbonyl (C=O) groups is 2. The molecule has 10 heteroatoms. The van der Waals surface area contributed by atoms with Gasteiger partial charge in [-0.2, -0.15) is 0 Å². The summed E-state index contributed by atoms with van der Waals surface area (Å²) in [7, 11) is 9.36. The topological polar surface area (TPSA) is 108 Å². The standard InChI is InChI=1S/C41H46O10/c1-24(40(42)30-13-15-32(44-3)36(22-30)46-5)50-34-17-11-28(20-38(34)48-7)26-9-10-27(19-26)29-12-18-35(39(21-29)49-8)51-25(2)41(43)31-14-16-33(45-4)37(23-31)47-6/h11-18,20-27H,9-10,19H2,1-8H3/t24-,25-,26-,27?/m1/s1. The number of hydrogen-bond donors (Lipinski definition) is 0. The SMILES string of the molecule is COc1ccc(C(=O)[C@@H](C)Oc2ccc(C3CC[C@@H](c4ccc(O[C@H](C)C(=O)c5ccc(OC)c(OC)c5)c(OC)c4)C3)cc2OC)cc1OC. The Bertz CT molecular complexity index is 1720. The lowest BCUT2D eigenvalue weighted by Crippen LogP contribution is -2.24. The molecule has 1 fully saturated rings. The smallest absolute Gasteiger partial charge is 0.203 e. The lowest BCUT2D eigenvalue weighted by Gasteiger charge is -2.20. The Labute approximate surface area is 299 Å². The van der Waals surface area contributed by atoms with E-state index < -0.39 is 12.2 Å². The zero-order valence-electron chi connectivity index (χ0n) is 30.4. The van der Waals surface area contributed by atoms with Gasteiger partial charge >= 0.3 is 0 Å². The third-order valence-electron chi connectivity index (χ3n) is 9.43. The van der Waals surface area contributed by atoms with Gasteiger partial charge in [0.15, 0.2) is 58.2 Å². The summed E-state index contributed by atoms with van der Waals surface area (Å²) in [6, 6.07) is 21.9. The molecule has 4 atom stereocenters. The normalized spacial score (nSPS) is 16.4. The highest BCUT2D eigenvalue weighted by atomic mass is 16.5. The number of ether oxygens (including phenoxy) is 8. The van der Waals surface area contributed by atoms with Crippen LogP contribution in [-0.4, -0.2) is 66.4 Å². The predicted octanol–water partition coefficient (Wildman–Crippen LogP) is 8.09. The number of hydrogen-bond acceptors (Lipinski definition) is 10. The Morgan fingerprint density at radius 1 is 0.471 bits per heavy atom. The zero-order chi connectivity index (χ0) is 36.7. The van der Waals surface area contributed by atoms with Crippen LogP contribution in [-0.2, 0) is 0 Å². The van der Waals surface area contributed by atoms with E-state index >= 15 is 0 Å². The molecular weight excluding hydrogens is 652 g/mol. The molecule has 51 heavy (non-hydrogen) atoms. The highest BCUT2D eigenvalue weighted by Crippen LogP contribution is 2.47. The Morgan fingerprint density at radius 2 is 0.804 bits per heavy atom. The molecule has 0 heterocycles. The summed E-state index contributed by atoms with van der Waals surface area (Å²) in [6.45, 7) is 3.44. The van der Waals surface area contributed by atoms with E-state index in [1.807, 2.05) is 36.4 Å². The Kier molecular flexibility index (Phi) is 12.0. The number of methoxy groups -OCH3 is 6. The van der Waals surface area contributed by atoms with Crippen LogP contribution >= 0.6 is 0 Å². The predicted molar refractivity (Wildman–Crippen MR) is 193 cm³/mol. The highest BCUT2D eigenvalue weighted by molar-refractivity contribution is 6.00. The minimum Gasteiger partial charge on any atom is -0.493 e. The minimum absolute atomic E-state index is 0.188. The fourth-order valence-corrected chi connectivity index (χ4v) is 6.59. The number of ketones is 2. The van der Waals surface area contributed by atoms with E-state index in [-0.39, 0.29) is 11.6 Å². The van der Waals surface area contributed by atoms with Gasteiger partial charge in [0.1, 0.15) is 0 Å². The molecule has 1 saturated carbocycles. The van der Waals surface area contributed by atoms with Crippen molar-refractivity contribution in [1.29, 1.82) is 0 Å². The van der Waals surface area contributed by atoms with Crippen molar-refractivity contribution in [3.8, 4) is 46.0 Å². The lowest BCUT2D eigenvalue weighted by atomic mass is 9.92. The van der Waals surface area contributed by atoms with Crippen molar-refractivity contribution < 1.29 is 47.5 Å². The van der Waals surface area contributed by atoms with E-state index in [9.17, 15) is 9.59 Å². The van der Waals surface area contributed by atoms with Gasteiger partial charge in [0.05, 0.1) is 42.7 Å². The highest BCUT2D eigenvalue weighted by Gasteiger charge is 2.29. The largest absolute Gasteiger partial charge is 0.493 e. The van der Waals surface area contributed by atoms with E-state index in [4.69, 9.17) is 37.9 Å². The average Bonchev–Trinajstić information content (AvgIpc) is 3.67. The number of Topliss-reactive ketones (excluding diaryl/α,β-unsaturated/α-hetero) is 2. The van der Waals surface area contributed by atoms with Gasteiger partial charge in [-0.25, -0.2) is 0 Å². The van der Waals surface area contributed by atoms with Crippen molar-refractivity contribution in [2.45, 2.75) is 57.2 Å². The van der Waals surface area contributed by atoms with Crippen LogP contribution in [0.4, 0.5) is 0 Å². The van der Waals surface area contributed by atoms with Crippen LogP contribution in [0.25, 0.3) is 0 Å². The summed E-state index contributed by atoms with van der Waals surface area (Å²) < 4.78 is 44.9. The molecule has 0 aromatic heterocycles. The Hall–Kier alpha value is -5.38. The van der Waals surface area contributed by atoms with E-state index in [2.05, 4.69) is 0 Å². The number of carbonyl (C=O) groups excluding carboxylic acids is 2. The van der Waals surface area contributed by atoms with Crippen molar-refractivity contribution in [3.63, 3.8) is 0 Å². The van der Waals surface area contributed by atoms with Gasteiger partial charge in [-0.15, -0.1) is 0 Å². The van der Waals surface area contributed by atoms with Crippen LogP contribution in [0.2, 0.25) is 0 Å². The second-order valence-electron chi connectivity index (χ2n) is 12.4. The lowest BCUT2D eigenvalue weighted by molar-refractivity contribution is 0.0808. The zero-order valence-corrected chi connectivity index (χ0v) is 30.4. The quantitative estimate of drug-likeness (QED) is 0.107. The molecule has 1 aliphatic carbocycles. The van der Waals surface area contributed by atoms with Crippen LogP contribution in [0.5, 0.6) is 46.0 Å². The fourth-order valence-electron chi connectivity index (χ4n) is 6.59. The molecule has 1 unspecified atom stereocenters. The summed E-state index contributed by atoms with van der Waals surface area (Å²) >= 11 is 0. The van der Waals surface area contributed by atoms with Gasteiger partial charge in [0, 0.05) is 11.1 Å². The third kappa shape index (κ3) is 8.17. The Morgan fingerprint density at radius 3 is 1.16 bits per heavy atom. The third-order valence-corrected chi connectivity index (χ3v) is 9.43. The molecule has 0 N–H and O–H groups in total. The second-order valence-corrected chi connectivity index (χ2v) is 12.4. The number of rotatable bonds is 16. The van der Waals surface area contributed by atoms with Crippen molar-refractivity contribution in [3.05, 3.63) is 95.1 Å². The van der Waals surface area contributed by atoms with Gasteiger partial charge in [-0.05, 0) is 117 Å². The van der Waals surface area contributed by atoms with Crippen molar-refractivity contribution >= 4 is 11.6 Å². The maximum atomic E-state index is 13.2. The summed E-state index contributed by atoms with van der Waals surface area (Å²) in [5, 5.41) is 0. The summed E-state index contributed by atoms with van der Waals surface area (Å²) in [6.07, 6.45) is 1.43. The molecule has 4 aromatic rings. The maximum absolute atomic E-state index is 13.2. The molecule has 0 radical (unpaired) electrons. The first kappa shape index (κ1) is 36.9. The molecule has 0 amide bonds. The summed E-state index contributed by atoms with van der Waals surface area (Å²) in [5.74, 6) is 4.42. The maximum Gasteiger partial charge on any atom is 0.203 e. The van der Waals surface area contributed by atoms with Crippen LogP contribution in [0.1, 0.15) is 76.8 Å². The van der Waals surface area contributed by atoms with Gasteiger partial charge in [-0.1, -0.05) is 12.1 Å².